The zero-order valence-electron chi connectivity index (χ0n) is 7.98. The van der Waals surface area contributed by atoms with Crippen molar-refractivity contribution < 1.29 is 0 Å². The molecule has 1 atom stereocenters. The fourth-order valence-corrected chi connectivity index (χ4v) is 3.47. The normalized spacial score (nSPS) is 22.4. The average molecular weight is 317 g/mol. The minimum atomic E-state index is 0.470. The minimum Gasteiger partial charge on any atom is -0.226 e. The minimum absolute atomic E-state index is 0.470. The van der Waals surface area contributed by atoms with Crippen LogP contribution in [-0.4, -0.2) is 10.8 Å². The van der Waals surface area contributed by atoms with E-state index < -0.39 is 0 Å². The molecule has 0 saturated heterocycles. The Hall–Kier alpha value is 0. The average Bonchev–Trinajstić information content (AvgIpc) is 2.61. The van der Waals surface area contributed by atoms with Crippen LogP contribution in [-0.2, 0) is 0 Å². The number of hydrogen-bond donors (Lipinski definition) is 0. The van der Waals surface area contributed by atoms with Crippen molar-refractivity contribution in [3.63, 3.8) is 0 Å². The van der Waals surface area contributed by atoms with Crippen molar-refractivity contribution >= 4 is 30.3 Å². The van der Waals surface area contributed by atoms with E-state index in [4.69, 9.17) is 0 Å². The van der Waals surface area contributed by atoms with E-state index in [0.717, 1.165) is 6.54 Å². The van der Waals surface area contributed by atoms with Gasteiger partial charge in [0.2, 0.25) is 0 Å². The maximum atomic E-state index is 2.39. The zero-order valence-corrected chi connectivity index (χ0v) is 11.0. The summed E-state index contributed by atoms with van der Waals surface area (Å²) in [6.07, 6.45) is 2.31. The van der Waals surface area contributed by atoms with Crippen LogP contribution in [0.5, 0.6) is 0 Å². The SMILES string of the molecule is CC1=CCN(SI)C1c1ccccc1. The fourth-order valence-electron chi connectivity index (χ4n) is 1.81. The Morgan fingerprint density at radius 1 is 1.36 bits per heavy atom. The molecule has 0 amide bonds. The first kappa shape index (κ1) is 10.5. The number of hydrogen-bond acceptors (Lipinski definition) is 2. The molecule has 2 rings (SSSR count). The Balaban J connectivity index is 2.28. The van der Waals surface area contributed by atoms with Crippen molar-refractivity contribution in [1.82, 2.24) is 4.31 Å². The van der Waals surface area contributed by atoms with Gasteiger partial charge in [-0.2, -0.15) is 0 Å². The molecule has 0 spiro atoms. The van der Waals surface area contributed by atoms with Crippen LogP contribution in [0.3, 0.4) is 0 Å². The van der Waals surface area contributed by atoms with Crippen LogP contribution in [0.1, 0.15) is 18.5 Å². The van der Waals surface area contributed by atoms with Gasteiger partial charge in [0.15, 0.2) is 0 Å². The number of nitrogens with zero attached hydrogens (tertiary/aromatic N) is 1. The third-order valence-corrected chi connectivity index (χ3v) is 4.57. The maximum absolute atomic E-state index is 2.39. The first-order valence-electron chi connectivity index (χ1n) is 4.60. The van der Waals surface area contributed by atoms with Gasteiger partial charge in [-0.25, -0.2) is 4.31 Å². The second-order valence-electron chi connectivity index (χ2n) is 3.43. The van der Waals surface area contributed by atoms with Crippen molar-refractivity contribution in [2.45, 2.75) is 13.0 Å². The summed E-state index contributed by atoms with van der Waals surface area (Å²) in [4.78, 5) is 0. The highest BCUT2D eigenvalue weighted by molar-refractivity contribution is 14.2. The summed E-state index contributed by atoms with van der Waals surface area (Å²) in [5.41, 5.74) is 2.85. The maximum Gasteiger partial charge on any atom is 0.0670 e. The summed E-state index contributed by atoms with van der Waals surface area (Å²) >= 11 is 2.35. The molecule has 1 unspecified atom stereocenters. The van der Waals surface area contributed by atoms with Gasteiger partial charge in [-0.1, -0.05) is 42.0 Å². The van der Waals surface area contributed by atoms with E-state index in [1.165, 1.54) is 11.1 Å². The van der Waals surface area contributed by atoms with Gasteiger partial charge in [-0.15, -0.1) is 0 Å². The molecule has 0 bridgehead atoms. The van der Waals surface area contributed by atoms with Crippen LogP contribution >= 0.6 is 30.3 Å². The molecule has 14 heavy (non-hydrogen) atoms. The van der Waals surface area contributed by atoms with E-state index in [1.807, 2.05) is 0 Å². The molecule has 0 N–H and O–H groups in total. The molecule has 1 aliphatic heterocycles. The molecule has 0 saturated carbocycles. The molecule has 0 aliphatic carbocycles. The monoisotopic (exact) mass is 317 g/mol. The van der Waals surface area contributed by atoms with E-state index in [-0.39, 0.29) is 0 Å². The van der Waals surface area contributed by atoms with Crippen molar-refractivity contribution in [2.24, 2.45) is 0 Å². The standard InChI is InChI=1S/C11H12INS/c1-9-7-8-13(14-12)11(9)10-5-3-2-4-6-10/h2-7,11H,8H2,1H3. The second kappa shape index (κ2) is 4.68. The summed E-state index contributed by atoms with van der Waals surface area (Å²) in [5.74, 6) is 0. The molecule has 1 aromatic carbocycles. The van der Waals surface area contributed by atoms with Crippen molar-refractivity contribution in [3.05, 3.63) is 47.5 Å². The van der Waals surface area contributed by atoms with E-state index in [0.29, 0.717) is 6.04 Å². The van der Waals surface area contributed by atoms with E-state index in [2.05, 4.69) is 68.8 Å². The first-order valence-corrected chi connectivity index (χ1v) is 7.91. The lowest BCUT2D eigenvalue weighted by molar-refractivity contribution is 0.477. The van der Waals surface area contributed by atoms with Crippen LogP contribution in [0.15, 0.2) is 42.0 Å². The van der Waals surface area contributed by atoms with Crippen LogP contribution in [0, 0.1) is 0 Å². The third-order valence-electron chi connectivity index (χ3n) is 2.52. The summed E-state index contributed by atoms with van der Waals surface area (Å²) in [6, 6.07) is 11.2. The Morgan fingerprint density at radius 2 is 2.07 bits per heavy atom. The smallest absolute Gasteiger partial charge is 0.0670 e. The van der Waals surface area contributed by atoms with Gasteiger partial charge in [-0.05, 0) is 21.6 Å². The van der Waals surface area contributed by atoms with Crippen LogP contribution < -0.4 is 0 Å². The van der Waals surface area contributed by atoms with Gasteiger partial charge in [0.1, 0.15) is 0 Å². The number of rotatable bonds is 2. The van der Waals surface area contributed by atoms with Gasteiger partial charge in [0.25, 0.3) is 0 Å². The molecule has 1 aromatic rings. The Labute approximate surface area is 101 Å². The highest BCUT2D eigenvalue weighted by atomic mass is 127. The predicted octanol–water partition coefficient (Wildman–Crippen LogP) is 3.99. The lowest BCUT2D eigenvalue weighted by Gasteiger charge is -2.22. The van der Waals surface area contributed by atoms with Crippen molar-refractivity contribution in [1.29, 1.82) is 0 Å². The lowest BCUT2D eigenvalue weighted by Crippen LogP contribution is -2.15. The van der Waals surface area contributed by atoms with Gasteiger partial charge in [-0.3, -0.25) is 0 Å². The van der Waals surface area contributed by atoms with E-state index in [1.54, 1.807) is 9.12 Å². The largest absolute Gasteiger partial charge is 0.226 e. The van der Waals surface area contributed by atoms with Gasteiger partial charge >= 0.3 is 0 Å². The Bertz CT molecular complexity index is 336. The van der Waals surface area contributed by atoms with Gasteiger partial charge in [0, 0.05) is 27.8 Å². The van der Waals surface area contributed by atoms with E-state index >= 15 is 0 Å². The molecule has 3 heteroatoms. The molecular formula is C11H12INS. The Kier molecular flexibility index (Phi) is 3.52. The fraction of sp³-hybridized carbons (Fsp3) is 0.273. The molecule has 0 fully saturated rings. The molecule has 1 heterocycles. The van der Waals surface area contributed by atoms with Crippen molar-refractivity contribution in [3.8, 4) is 0 Å². The number of halogens is 1. The summed E-state index contributed by atoms with van der Waals surface area (Å²) in [7, 11) is 1.79. The molecule has 0 radical (unpaired) electrons. The van der Waals surface area contributed by atoms with E-state index in [9.17, 15) is 0 Å². The number of benzene rings is 1. The summed E-state index contributed by atoms with van der Waals surface area (Å²) in [6.45, 7) is 3.27. The molecule has 1 nitrogen and oxygen atoms in total. The molecular weight excluding hydrogens is 305 g/mol. The molecule has 1 aliphatic rings. The Morgan fingerprint density at radius 3 is 2.71 bits per heavy atom. The first-order chi connectivity index (χ1) is 6.83. The third kappa shape index (κ3) is 1.99. The molecule has 0 aromatic heterocycles. The quantitative estimate of drug-likeness (QED) is 0.461. The second-order valence-corrected chi connectivity index (χ2v) is 5.22. The summed E-state index contributed by atoms with van der Waals surface area (Å²) in [5, 5.41) is 0. The zero-order chi connectivity index (χ0) is 9.97. The van der Waals surface area contributed by atoms with Crippen LogP contribution in [0.4, 0.5) is 0 Å². The van der Waals surface area contributed by atoms with Gasteiger partial charge in [0.05, 0.1) is 6.04 Å². The summed E-state index contributed by atoms with van der Waals surface area (Å²) < 4.78 is 2.39. The predicted molar refractivity (Wildman–Crippen MR) is 71.3 cm³/mol. The van der Waals surface area contributed by atoms with Crippen molar-refractivity contribution in [2.75, 3.05) is 6.54 Å². The van der Waals surface area contributed by atoms with Gasteiger partial charge < -0.3 is 0 Å². The lowest BCUT2D eigenvalue weighted by atomic mass is 10.0. The highest BCUT2D eigenvalue weighted by Gasteiger charge is 2.25. The highest BCUT2D eigenvalue weighted by Crippen LogP contribution is 2.39. The van der Waals surface area contributed by atoms with Crippen LogP contribution in [0.25, 0.3) is 0 Å². The topological polar surface area (TPSA) is 3.24 Å². The molecule has 74 valence electrons. The van der Waals surface area contributed by atoms with Crippen LogP contribution in [0.2, 0.25) is 0 Å².